The van der Waals surface area contributed by atoms with E-state index >= 15 is 0 Å². The summed E-state index contributed by atoms with van der Waals surface area (Å²) in [4.78, 5) is 29.6. The van der Waals surface area contributed by atoms with Crippen molar-refractivity contribution in [2.75, 3.05) is 11.4 Å². The number of rotatable bonds is 4. The van der Waals surface area contributed by atoms with Crippen molar-refractivity contribution in [3.63, 3.8) is 0 Å². The zero-order valence-electron chi connectivity index (χ0n) is 13.2. The lowest BCUT2D eigenvalue weighted by Crippen LogP contribution is -2.31. The summed E-state index contributed by atoms with van der Waals surface area (Å²) >= 11 is 1.43. The largest absolute Gasteiger partial charge is 0.284 e. The zero-order valence-corrected chi connectivity index (χ0v) is 14.0. The molecule has 0 aliphatic carbocycles. The number of amides is 1. The maximum absolute atomic E-state index is 12.9. The van der Waals surface area contributed by atoms with Crippen LogP contribution in [-0.4, -0.2) is 22.4 Å². The number of carbonyl (C=O) groups excluding carboxylic acids is 1. The van der Waals surface area contributed by atoms with E-state index in [1.54, 1.807) is 17.9 Å². The van der Waals surface area contributed by atoms with Crippen molar-refractivity contribution >= 4 is 38.3 Å². The number of para-hydroxylation sites is 1. The molecule has 0 atom stereocenters. The van der Waals surface area contributed by atoms with E-state index in [-0.39, 0.29) is 11.6 Å². The quantitative estimate of drug-likeness (QED) is 0.527. The van der Waals surface area contributed by atoms with Crippen LogP contribution in [0.5, 0.6) is 0 Å². The first kappa shape index (κ1) is 16.1. The Morgan fingerprint density at radius 1 is 1.25 bits per heavy atom. The van der Waals surface area contributed by atoms with Gasteiger partial charge >= 0.3 is 0 Å². The third-order valence-corrected chi connectivity index (χ3v) is 4.87. The van der Waals surface area contributed by atoms with E-state index in [0.29, 0.717) is 22.8 Å². The van der Waals surface area contributed by atoms with Gasteiger partial charge in [-0.1, -0.05) is 29.5 Å². The molecule has 0 spiro atoms. The highest BCUT2D eigenvalue weighted by Gasteiger charge is 2.24. The van der Waals surface area contributed by atoms with Crippen molar-refractivity contribution < 1.29 is 9.72 Å². The van der Waals surface area contributed by atoms with Crippen LogP contribution in [-0.2, 0) is 0 Å². The summed E-state index contributed by atoms with van der Waals surface area (Å²) in [6, 6.07) is 12.2. The van der Waals surface area contributed by atoms with E-state index in [1.807, 2.05) is 31.2 Å². The fourth-order valence-corrected chi connectivity index (χ4v) is 3.57. The van der Waals surface area contributed by atoms with E-state index < -0.39 is 4.92 Å². The molecule has 0 N–H and O–H groups in total. The molecule has 0 radical (unpaired) electrons. The first-order valence-corrected chi connectivity index (χ1v) is 8.26. The molecule has 1 aromatic heterocycles. The Hall–Kier alpha value is -2.80. The number of hydrogen-bond acceptors (Lipinski definition) is 5. The molecule has 0 aliphatic rings. The second kappa shape index (κ2) is 6.37. The van der Waals surface area contributed by atoms with Crippen molar-refractivity contribution in [3.05, 3.63) is 63.7 Å². The van der Waals surface area contributed by atoms with E-state index in [9.17, 15) is 14.9 Å². The maximum atomic E-state index is 12.9. The molecule has 0 fully saturated rings. The molecule has 6 nitrogen and oxygen atoms in total. The van der Waals surface area contributed by atoms with Gasteiger partial charge in [0.1, 0.15) is 0 Å². The number of aromatic nitrogens is 1. The van der Waals surface area contributed by atoms with Gasteiger partial charge in [-0.25, -0.2) is 4.98 Å². The molecule has 0 saturated heterocycles. The Balaban J connectivity index is 2.04. The number of benzene rings is 2. The predicted octanol–water partition coefficient (Wildman–Crippen LogP) is 4.18. The molecule has 3 aromatic rings. The molecule has 3 rings (SSSR count). The van der Waals surface area contributed by atoms with Crippen LogP contribution in [0, 0.1) is 17.0 Å². The Morgan fingerprint density at radius 2 is 2.00 bits per heavy atom. The van der Waals surface area contributed by atoms with E-state index in [1.165, 1.54) is 23.5 Å². The number of thiazole rings is 1. The van der Waals surface area contributed by atoms with Crippen LogP contribution < -0.4 is 4.90 Å². The first-order valence-electron chi connectivity index (χ1n) is 7.44. The predicted molar refractivity (Wildman–Crippen MR) is 94.8 cm³/mol. The van der Waals surface area contributed by atoms with Gasteiger partial charge in [0, 0.05) is 23.7 Å². The van der Waals surface area contributed by atoms with Crippen LogP contribution in [0.1, 0.15) is 22.8 Å². The highest BCUT2D eigenvalue weighted by Crippen LogP contribution is 2.30. The number of carbonyl (C=O) groups is 1. The Kier molecular flexibility index (Phi) is 4.26. The van der Waals surface area contributed by atoms with Gasteiger partial charge in [-0.3, -0.25) is 19.8 Å². The highest BCUT2D eigenvalue weighted by molar-refractivity contribution is 7.22. The summed E-state index contributed by atoms with van der Waals surface area (Å²) < 4.78 is 0.995. The minimum absolute atomic E-state index is 0.0544. The first-order chi connectivity index (χ1) is 11.5. The molecule has 1 amide bonds. The van der Waals surface area contributed by atoms with E-state index in [4.69, 9.17) is 0 Å². The van der Waals surface area contributed by atoms with Crippen molar-refractivity contribution in [2.45, 2.75) is 13.8 Å². The van der Waals surface area contributed by atoms with Crippen LogP contribution in [0.25, 0.3) is 10.2 Å². The number of nitrogens with zero attached hydrogens (tertiary/aromatic N) is 3. The number of hydrogen-bond donors (Lipinski definition) is 0. The Bertz CT molecular complexity index is 903. The van der Waals surface area contributed by atoms with Crippen LogP contribution >= 0.6 is 11.3 Å². The van der Waals surface area contributed by atoms with E-state index in [2.05, 4.69) is 4.98 Å². The van der Waals surface area contributed by atoms with Crippen molar-refractivity contribution in [3.8, 4) is 0 Å². The molecule has 0 bridgehead atoms. The van der Waals surface area contributed by atoms with Gasteiger partial charge in [0.15, 0.2) is 5.13 Å². The molecule has 0 unspecified atom stereocenters. The lowest BCUT2D eigenvalue weighted by molar-refractivity contribution is -0.385. The summed E-state index contributed by atoms with van der Waals surface area (Å²) in [5, 5.41) is 11.7. The van der Waals surface area contributed by atoms with Crippen LogP contribution in [0.4, 0.5) is 10.8 Å². The standard InChI is InChI=1S/C17H15N3O3S/c1-3-19(17-18-13-8-4-5-10-15(13)24-17)16(21)12-7-6-9-14(11(12)2)20(22)23/h4-10H,3H2,1-2H3. The smallest absolute Gasteiger partial charge is 0.273 e. The number of anilines is 1. The third kappa shape index (κ3) is 2.74. The zero-order chi connectivity index (χ0) is 17.3. The minimum atomic E-state index is -0.472. The maximum Gasteiger partial charge on any atom is 0.273 e. The van der Waals surface area contributed by atoms with Crippen molar-refractivity contribution in [2.24, 2.45) is 0 Å². The van der Waals surface area contributed by atoms with Crippen molar-refractivity contribution in [1.82, 2.24) is 4.98 Å². The third-order valence-electron chi connectivity index (χ3n) is 3.81. The Labute approximate surface area is 142 Å². The number of fused-ring (bicyclic) bond motifs is 1. The van der Waals surface area contributed by atoms with Gasteiger partial charge < -0.3 is 0 Å². The Morgan fingerprint density at radius 3 is 2.67 bits per heavy atom. The molecule has 2 aromatic carbocycles. The molecule has 0 saturated carbocycles. The second-order valence-electron chi connectivity index (χ2n) is 5.22. The van der Waals surface area contributed by atoms with Crippen LogP contribution in [0.15, 0.2) is 42.5 Å². The summed E-state index contributed by atoms with van der Waals surface area (Å²) in [6.45, 7) is 3.88. The number of nitro groups is 1. The molecule has 122 valence electrons. The molecule has 0 aliphatic heterocycles. The molecular weight excluding hydrogens is 326 g/mol. The molecule has 7 heteroatoms. The fourth-order valence-electron chi connectivity index (χ4n) is 2.54. The van der Waals surface area contributed by atoms with Gasteiger partial charge in [-0.15, -0.1) is 0 Å². The normalized spacial score (nSPS) is 10.8. The summed E-state index contributed by atoms with van der Waals surface area (Å²) in [7, 11) is 0. The number of nitro benzene ring substituents is 1. The summed E-state index contributed by atoms with van der Waals surface area (Å²) in [5.74, 6) is -0.280. The molecule has 1 heterocycles. The average Bonchev–Trinajstić information content (AvgIpc) is 2.98. The van der Waals surface area contributed by atoms with Gasteiger partial charge in [0.25, 0.3) is 11.6 Å². The van der Waals surface area contributed by atoms with Crippen molar-refractivity contribution in [1.29, 1.82) is 0 Å². The van der Waals surface area contributed by atoms with Crippen LogP contribution in [0.2, 0.25) is 0 Å². The van der Waals surface area contributed by atoms with Gasteiger partial charge in [0.2, 0.25) is 0 Å². The second-order valence-corrected chi connectivity index (χ2v) is 6.23. The van der Waals surface area contributed by atoms with Crippen LogP contribution in [0.3, 0.4) is 0 Å². The minimum Gasteiger partial charge on any atom is -0.284 e. The van der Waals surface area contributed by atoms with Gasteiger partial charge in [-0.2, -0.15) is 0 Å². The van der Waals surface area contributed by atoms with E-state index in [0.717, 1.165) is 10.2 Å². The lowest BCUT2D eigenvalue weighted by Gasteiger charge is -2.18. The summed E-state index contributed by atoms with van der Waals surface area (Å²) in [5.41, 5.74) is 1.47. The highest BCUT2D eigenvalue weighted by atomic mass is 32.1. The van der Waals surface area contributed by atoms with Gasteiger partial charge in [0.05, 0.1) is 15.1 Å². The SMILES string of the molecule is CCN(C(=O)c1cccc([N+](=O)[O-])c1C)c1nc2ccccc2s1. The van der Waals surface area contributed by atoms with Gasteiger partial charge in [-0.05, 0) is 32.0 Å². The monoisotopic (exact) mass is 341 g/mol. The fraction of sp³-hybridized carbons (Fsp3) is 0.176. The summed E-state index contributed by atoms with van der Waals surface area (Å²) in [6.07, 6.45) is 0. The average molecular weight is 341 g/mol. The molecular formula is C17H15N3O3S. The lowest BCUT2D eigenvalue weighted by atomic mass is 10.1. The molecule has 24 heavy (non-hydrogen) atoms. The topological polar surface area (TPSA) is 76.3 Å².